The summed E-state index contributed by atoms with van der Waals surface area (Å²) in [5, 5.41) is 0. The van der Waals surface area contributed by atoms with Gasteiger partial charge in [-0.05, 0) is 30.7 Å². The molecule has 20 heavy (non-hydrogen) atoms. The van der Waals surface area contributed by atoms with Crippen LogP contribution in [-0.4, -0.2) is 43.9 Å². The maximum atomic E-state index is 6.00. The fraction of sp³-hybridized carbons (Fsp3) is 0.625. The van der Waals surface area contributed by atoms with E-state index in [1.807, 2.05) is 24.3 Å². The lowest BCUT2D eigenvalue weighted by molar-refractivity contribution is -0.0464. The van der Waals surface area contributed by atoms with Gasteiger partial charge >= 0.3 is 0 Å². The quantitative estimate of drug-likeness (QED) is 0.866. The molecule has 4 nitrogen and oxygen atoms in total. The van der Waals surface area contributed by atoms with E-state index < -0.39 is 0 Å². The fourth-order valence-corrected chi connectivity index (χ4v) is 2.40. The number of benzene rings is 1. The van der Waals surface area contributed by atoms with Gasteiger partial charge in [0.2, 0.25) is 0 Å². The molecule has 1 aliphatic rings. The second-order valence-electron chi connectivity index (χ2n) is 5.28. The van der Waals surface area contributed by atoms with Crippen molar-refractivity contribution in [1.82, 2.24) is 4.90 Å². The number of rotatable bonds is 6. The standard InChI is InChI=1S/C16H26N2O2/c1-3-16(17)13-5-7-14(8-6-13)20-12-15-11-18(4-2)9-10-19-15/h5-8,15-16H,3-4,9-12,17H2,1-2H3. The fourth-order valence-electron chi connectivity index (χ4n) is 2.40. The number of nitrogens with zero attached hydrogens (tertiary/aromatic N) is 1. The Morgan fingerprint density at radius 2 is 2.10 bits per heavy atom. The second kappa shape index (κ2) is 7.62. The molecule has 2 N–H and O–H groups in total. The number of ether oxygens (including phenoxy) is 2. The van der Waals surface area contributed by atoms with Crippen LogP contribution < -0.4 is 10.5 Å². The van der Waals surface area contributed by atoms with Gasteiger partial charge < -0.3 is 15.2 Å². The Morgan fingerprint density at radius 1 is 1.35 bits per heavy atom. The number of hydrogen-bond donors (Lipinski definition) is 1. The van der Waals surface area contributed by atoms with Crippen LogP contribution in [0.2, 0.25) is 0 Å². The highest BCUT2D eigenvalue weighted by molar-refractivity contribution is 5.29. The first-order valence-electron chi connectivity index (χ1n) is 7.55. The first-order valence-corrected chi connectivity index (χ1v) is 7.55. The summed E-state index contributed by atoms with van der Waals surface area (Å²) >= 11 is 0. The third kappa shape index (κ3) is 4.20. The molecule has 0 aliphatic carbocycles. The van der Waals surface area contributed by atoms with E-state index in [4.69, 9.17) is 15.2 Å². The molecular formula is C16H26N2O2. The van der Waals surface area contributed by atoms with E-state index in [9.17, 15) is 0 Å². The maximum Gasteiger partial charge on any atom is 0.119 e. The van der Waals surface area contributed by atoms with Gasteiger partial charge in [-0.15, -0.1) is 0 Å². The Labute approximate surface area is 121 Å². The monoisotopic (exact) mass is 278 g/mol. The SMILES string of the molecule is CCC(N)c1ccc(OCC2CN(CC)CCO2)cc1. The Bertz CT molecular complexity index is 394. The zero-order valence-electron chi connectivity index (χ0n) is 12.5. The van der Waals surface area contributed by atoms with Crippen LogP contribution in [0.1, 0.15) is 31.9 Å². The van der Waals surface area contributed by atoms with E-state index in [2.05, 4.69) is 18.7 Å². The summed E-state index contributed by atoms with van der Waals surface area (Å²) in [4.78, 5) is 2.39. The van der Waals surface area contributed by atoms with Crippen molar-refractivity contribution in [2.75, 3.05) is 32.8 Å². The minimum atomic E-state index is 0.115. The Hall–Kier alpha value is -1.10. The Kier molecular flexibility index (Phi) is 5.83. The molecule has 0 amide bonds. The van der Waals surface area contributed by atoms with Crippen molar-refractivity contribution in [2.24, 2.45) is 5.73 Å². The van der Waals surface area contributed by atoms with E-state index in [1.165, 1.54) is 0 Å². The normalized spacial score (nSPS) is 21.6. The van der Waals surface area contributed by atoms with E-state index in [1.54, 1.807) is 0 Å². The van der Waals surface area contributed by atoms with Gasteiger partial charge in [0.25, 0.3) is 0 Å². The van der Waals surface area contributed by atoms with E-state index in [-0.39, 0.29) is 12.1 Å². The van der Waals surface area contributed by atoms with Gasteiger partial charge in [-0.1, -0.05) is 26.0 Å². The first kappa shape index (κ1) is 15.3. The van der Waals surface area contributed by atoms with Crippen LogP contribution in [0.15, 0.2) is 24.3 Å². The summed E-state index contributed by atoms with van der Waals surface area (Å²) in [6.45, 7) is 8.73. The van der Waals surface area contributed by atoms with Gasteiger partial charge in [-0.3, -0.25) is 4.90 Å². The molecule has 1 fully saturated rings. The van der Waals surface area contributed by atoms with Crippen LogP contribution in [0, 0.1) is 0 Å². The molecule has 4 heteroatoms. The predicted octanol–water partition coefficient (Wildman–Crippen LogP) is 2.20. The van der Waals surface area contributed by atoms with E-state index >= 15 is 0 Å². The summed E-state index contributed by atoms with van der Waals surface area (Å²) in [6, 6.07) is 8.19. The summed E-state index contributed by atoms with van der Waals surface area (Å²) in [7, 11) is 0. The third-order valence-electron chi connectivity index (χ3n) is 3.85. The number of hydrogen-bond acceptors (Lipinski definition) is 4. The lowest BCUT2D eigenvalue weighted by Gasteiger charge is -2.31. The van der Waals surface area contributed by atoms with E-state index in [0.717, 1.165) is 44.0 Å². The molecule has 1 aromatic rings. The topological polar surface area (TPSA) is 47.7 Å². The Balaban J connectivity index is 1.81. The van der Waals surface area contributed by atoms with Crippen molar-refractivity contribution in [2.45, 2.75) is 32.4 Å². The first-order chi connectivity index (χ1) is 9.72. The zero-order valence-corrected chi connectivity index (χ0v) is 12.5. The molecule has 0 aromatic heterocycles. The predicted molar refractivity (Wildman–Crippen MR) is 81.0 cm³/mol. The Morgan fingerprint density at radius 3 is 2.75 bits per heavy atom. The molecule has 1 saturated heterocycles. The lowest BCUT2D eigenvalue weighted by Crippen LogP contribution is -2.44. The van der Waals surface area contributed by atoms with Crippen LogP contribution in [0.5, 0.6) is 5.75 Å². The van der Waals surface area contributed by atoms with Gasteiger partial charge in [0.05, 0.1) is 6.61 Å². The molecule has 0 bridgehead atoms. The smallest absolute Gasteiger partial charge is 0.119 e. The van der Waals surface area contributed by atoms with Crippen molar-refractivity contribution in [3.8, 4) is 5.75 Å². The number of likely N-dealkylation sites (N-methyl/N-ethyl adjacent to an activating group) is 1. The van der Waals surface area contributed by atoms with Crippen LogP contribution >= 0.6 is 0 Å². The molecule has 0 radical (unpaired) electrons. The van der Waals surface area contributed by atoms with Gasteiger partial charge in [-0.25, -0.2) is 0 Å². The molecule has 1 aromatic carbocycles. The molecule has 2 rings (SSSR count). The van der Waals surface area contributed by atoms with Crippen molar-refractivity contribution >= 4 is 0 Å². The highest BCUT2D eigenvalue weighted by Gasteiger charge is 2.19. The maximum absolute atomic E-state index is 6.00. The molecule has 2 unspecified atom stereocenters. The molecular weight excluding hydrogens is 252 g/mol. The molecule has 0 saturated carbocycles. The van der Waals surface area contributed by atoms with Crippen LogP contribution in [-0.2, 0) is 4.74 Å². The van der Waals surface area contributed by atoms with Crippen molar-refractivity contribution < 1.29 is 9.47 Å². The van der Waals surface area contributed by atoms with Crippen molar-refractivity contribution in [1.29, 1.82) is 0 Å². The summed E-state index contributed by atoms with van der Waals surface area (Å²) < 4.78 is 11.5. The summed E-state index contributed by atoms with van der Waals surface area (Å²) in [5.74, 6) is 0.884. The molecule has 112 valence electrons. The highest BCUT2D eigenvalue weighted by atomic mass is 16.5. The molecule has 1 aliphatic heterocycles. The average Bonchev–Trinajstić information content (AvgIpc) is 2.53. The van der Waals surface area contributed by atoms with Gasteiger partial charge in [0, 0.05) is 19.1 Å². The second-order valence-corrected chi connectivity index (χ2v) is 5.28. The van der Waals surface area contributed by atoms with E-state index in [0.29, 0.717) is 6.61 Å². The molecule has 0 spiro atoms. The number of morpholine rings is 1. The van der Waals surface area contributed by atoms with Crippen LogP contribution in [0.4, 0.5) is 0 Å². The van der Waals surface area contributed by atoms with Gasteiger partial charge in [0.1, 0.15) is 18.5 Å². The lowest BCUT2D eigenvalue weighted by atomic mass is 10.1. The number of nitrogens with two attached hydrogens (primary N) is 1. The summed E-state index contributed by atoms with van der Waals surface area (Å²) in [6.07, 6.45) is 1.12. The third-order valence-corrected chi connectivity index (χ3v) is 3.85. The van der Waals surface area contributed by atoms with Crippen molar-refractivity contribution in [3.05, 3.63) is 29.8 Å². The zero-order chi connectivity index (χ0) is 14.4. The largest absolute Gasteiger partial charge is 0.491 e. The highest BCUT2D eigenvalue weighted by Crippen LogP contribution is 2.18. The van der Waals surface area contributed by atoms with Gasteiger partial charge in [-0.2, -0.15) is 0 Å². The molecule has 1 heterocycles. The summed E-state index contributed by atoms with van der Waals surface area (Å²) in [5.41, 5.74) is 7.16. The van der Waals surface area contributed by atoms with Gasteiger partial charge in [0.15, 0.2) is 0 Å². The minimum absolute atomic E-state index is 0.115. The van der Waals surface area contributed by atoms with Crippen LogP contribution in [0.3, 0.4) is 0 Å². The average molecular weight is 278 g/mol. The minimum Gasteiger partial charge on any atom is -0.491 e. The molecule has 2 atom stereocenters. The van der Waals surface area contributed by atoms with Crippen LogP contribution in [0.25, 0.3) is 0 Å². The van der Waals surface area contributed by atoms with Crippen molar-refractivity contribution in [3.63, 3.8) is 0 Å².